The van der Waals surface area contributed by atoms with E-state index in [1.165, 1.54) is 0 Å². The van der Waals surface area contributed by atoms with E-state index < -0.39 is 0 Å². The molecule has 0 aromatic carbocycles. The summed E-state index contributed by atoms with van der Waals surface area (Å²) in [5.41, 5.74) is 1.95. The first kappa shape index (κ1) is 15.7. The predicted molar refractivity (Wildman–Crippen MR) is 86.9 cm³/mol. The van der Waals surface area contributed by atoms with Crippen molar-refractivity contribution in [3.63, 3.8) is 0 Å². The minimum Gasteiger partial charge on any atom is -0.445 e. The zero-order valence-electron chi connectivity index (χ0n) is 14.0. The summed E-state index contributed by atoms with van der Waals surface area (Å²) in [5.74, 6) is 1.87. The van der Waals surface area contributed by atoms with Crippen LogP contribution in [0.15, 0.2) is 28.9 Å². The van der Waals surface area contributed by atoms with Gasteiger partial charge in [-0.2, -0.15) is 0 Å². The predicted octanol–water partition coefficient (Wildman–Crippen LogP) is 2.88. The lowest BCUT2D eigenvalue weighted by Gasteiger charge is -2.25. The second kappa shape index (κ2) is 6.14. The van der Waals surface area contributed by atoms with Gasteiger partial charge in [-0.15, -0.1) is 0 Å². The van der Waals surface area contributed by atoms with E-state index in [1.807, 2.05) is 17.0 Å². The summed E-state index contributed by atoms with van der Waals surface area (Å²) in [7, 11) is 0. The first-order valence-electron chi connectivity index (χ1n) is 8.09. The van der Waals surface area contributed by atoms with Gasteiger partial charge in [0.25, 0.3) is 0 Å². The minimum atomic E-state index is -0.104. The van der Waals surface area contributed by atoms with Crippen LogP contribution in [0.25, 0.3) is 0 Å². The Morgan fingerprint density at radius 1 is 1.30 bits per heavy atom. The molecular formula is C18H23N3O2. The topological polar surface area (TPSA) is 59.2 Å². The molecule has 122 valence electrons. The van der Waals surface area contributed by atoms with Crippen LogP contribution < -0.4 is 0 Å². The van der Waals surface area contributed by atoms with Gasteiger partial charge in [-0.1, -0.05) is 20.8 Å². The fourth-order valence-corrected chi connectivity index (χ4v) is 2.69. The van der Waals surface area contributed by atoms with Crippen LogP contribution in [0.4, 0.5) is 0 Å². The number of oxazole rings is 1. The summed E-state index contributed by atoms with van der Waals surface area (Å²) in [4.78, 5) is 22.9. The zero-order valence-corrected chi connectivity index (χ0v) is 14.0. The molecule has 0 spiro atoms. The summed E-state index contributed by atoms with van der Waals surface area (Å²) >= 11 is 0. The molecule has 2 aromatic heterocycles. The number of hydrogen-bond acceptors (Lipinski definition) is 4. The van der Waals surface area contributed by atoms with Crippen LogP contribution in [-0.2, 0) is 29.6 Å². The molecule has 0 N–H and O–H groups in total. The lowest BCUT2D eigenvalue weighted by Crippen LogP contribution is -2.35. The Morgan fingerprint density at radius 3 is 2.74 bits per heavy atom. The van der Waals surface area contributed by atoms with E-state index in [-0.39, 0.29) is 11.3 Å². The first-order valence-corrected chi connectivity index (χ1v) is 8.09. The van der Waals surface area contributed by atoms with Crippen molar-refractivity contribution < 1.29 is 9.21 Å². The van der Waals surface area contributed by atoms with Gasteiger partial charge in [0.1, 0.15) is 11.5 Å². The molecule has 1 amide bonds. The van der Waals surface area contributed by atoms with Gasteiger partial charge in [-0.3, -0.25) is 9.78 Å². The van der Waals surface area contributed by atoms with Crippen LogP contribution in [0.2, 0.25) is 0 Å². The number of amides is 1. The number of rotatable bonds is 3. The van der Waals surface area contributed by atoms with E-state index in [9.17, 15) is 4.79 Å². The molecule has 1 aliphatic rings. The molecule has 0 aliphatic carbocycles. The third-order valence-electron chi connectivity index (χ3n) is 4.10. The van der Waals surface area contributed by atoms with E-state index in [0.717, 1.165) is 35.7 Å². The average Bonchev–Trinajstić information content (AvgIpc) is 2.97. The quantitative estimate of drug-likeness (QED) is 0.874. The lowest BCUT2D eigenvalue weighted by molar-refractivity contribution is -0.132. The Morgan fingerprint density at radius 2 is 2.04 bits per heavy atom. The number of aryl methyl sites for hydroxylation is 1. The van der Waals surface area contributed by atoms with Gasteiger partial charge in [0.15, 0.2) is 5.89 Å². The smallest absolute Gasteiger partial charge is 0.223 e. The van der Waals surface area contributed by atoms with Crippen LogP contribution >= 0.6 is 0 Å². The maximum atomic E-state index is 12.4. The normalized spacial score (nSPS) is 14.7. The van der Waals surface area contributed by atoms with Gasteiger partial charge < -0.3 is 9.32 Å². The van der Waals surface area contributed by atoms with Gasteiger partial charge in [0, 0.05) is 37.2 Å². The third kappa shape index (κ3) is 3.60. The monoisotopic (exact) mass is 313 g/mol. The van der Waals surface area contributed by atoms with Crippen molar-refractivity contribution in [3.8, 4) is 0 Å². The van der Waals surface area contributed by atoms with Crippen molar-refractivity contribution in [1.29, 1.82) is 0 Å². The fourth-order valence-electron chi connectivity index (χ4n) is 2.69. The highest BCUT2D eigenvalue weighted by molar-refractivity contribution is 5.76. The summed E-state index contributed by atoms with van der Waals surface area (Å²) in [6.07, 6.45) is 5.53. The second-order valence-electron chi connectivity index (χ2n) is 7.06. The van der Waals surface area contributed by atoms with E-state index in [1.54, 1.807) is 12.4 Å². The maximum absolute atomic E-state index is 12.4. The number of carbonyl (C=O) groups excluding carboxylic acids is 1. The van der Waals surface area contributed by atoms with Crippen LogP contribution in [0.5, 0.6) is 0 Å². The van der Waals surface area contributed by atoms with Gasteiger partial charge in [-0.25, -0.2) is 4.98 Å². The first-order chi connectivity index (χ1) is 10.9. The van der Waals surface area contributed by atoms with Crippen molar-refractivity contribution in [2.45, 2.75) is 52.0 Å². The molecule has 3 rings (SSSR count). The maximum Gasteiger partial charge on any atom is 0.223 e. The summed E-state index contributed by atoms with van der Waals surface area (Å²) in [6, 6.07) is 3.91. The van der Waals surface area contributed by atoms with Gasteiger partial charge in [0.05, 0.1) is 6.54 Å². The number of aromatic nitrogens is 2. The van der Waals surface area contributed by atoms with E-state index in [4.69, 9.17) is 4.42 Å². The average molecular weight is 313 g/mol. The zero-order chi connectivity index (χ0) is 16.4. The fraction of sp³-hybridized carbons (Fsp3) is 0.500. The standard InChI is InChI=1S/C18H23N3O2/c1-18(2,3)17-20-14-12-21(11-8-15(14)23-17)16(22)5-4-13-6-9-19-10-7-13/h6-7,9-10H,4-5,8,11-12H2,1-3H3. The number of nitrogens with zero attached hydrogens (tertiary/aromatic N) is 3. The molecule has 0 unspecified atom stereocenters. The summed E-state index contributed by atoms with van der Waals surface area (Å²) in [5, 5.41) is 0. The van der Waals surface area contributed by atoms with Crippen molar-refractivity contribution in [2.24, 2.45) is 0 Å². The Hall–Kier alpha value is -2.17. The van der Waals surface area contributed by atoms with E-state index in [2.05, 4.69) is 30.7 Å². The molecule has 0 saturated heterocycles. The summed E-state index contributed by atoms with van der Waals surface area (Å²) in [6.45, 7) is 7.52. The molecule has 3 heterocycles. The Kier molecular flexibility index (Phi) is 4.20. The Balaban J connectivity index is 1.62. The molecule has 0 fully saturated rings. The number of carbonyl (C=O) groups is 1. The number of pyridine rings is 1. The van der Waals surface area contributed by atoms with Crippen molar-refractivity contribution in [2.75, 3.05) is 6.54 Å². The molecule has 5 heteroatoms. The molecular weight excluding hydrogens is 290 g/mol. The Bertz CT molecular complexity index is 686. The molecule has 2 aromatic rings. The van der Waals surface area contributed by atoms with Crippen molar-refractivity contribution in [1.82, 2.24) is 14.9 Å². The third-order valence-corrected chi connectivity index (χ3v) is 4.10. The largest absolute Gasteiger partial charge is 0.445 e. The highest BCUT2D eigenvalue weighted by Crippen LogP contribution is 2.27. The van der Waals surface area contributed by atoms with Crippen LogP contribution in [0.3, 0.4) is 0 Å². The van der Waals surface area contributed by atoms with Crippen LogP contribution in [0.1, 0.15) is 50.1 Å². The molecule has 1 aliphatic heterocycles. The van der Waals surface area contributed by atoms with Crippen LogP contribution in [0, 0.1) is 0 Å². The van der Waals surface area contributed by atoms with Gasteiger partial charge in [0.2, 0.25) is 5.91 Å². The van der Waals surface area contributed by atoms with Gasteiger partial charge in [-0.05, 0) is 24.1 Å². The Labute approximate surface area is 136 Å². The van der Waals surface area contributed by atoms with E-state index >= 15 is 0 Å². The van der Waals surface area contributed by atoms with Crippen molar-refractivity contribution in [3.05, 3.63) is 47.4 Å². The minimum absolute atomic E-state index is 0.104. The SMILES string of the molecule is CC(C)(C)c1nc2c(o1)CCN(C(=O)CCc1ccncc1)C2. The van der Waals surface area contributed by atoms with Crippen LogP contribution in [-0.4, -0.2) is 27.3 Å². The lowest BCUT2D eigenvalue weighted by atomic mass is 9.97. The van der Waals surface area contributed by atoms with Crippen molar-refractivity contribution >= 4 is 5.91 Å². The highest BCUT2D eigenvalue weighted by Gasteiger charge is 2.28. The molecule has 23 heavy (non-hydrogen) atoms. The summed E-state index contributed by atoms with van der Waals surface area (Å²) < 4.78 is 5.87. The number of fused-ring (bicyclic) bond motifs is 1. The molecule has 0 atom stereocenters. The molecule has 0 bridgehead atoms. The van der Waals surface area contributed by atoms with Gasteiger partial charge >= 0.3 is 0 Å². The molecule has 0 saturated carbocycles. The van der Waals surface area contributed by atoms with E-state index in [0.29, 0.717) is 19.5 Å². The highest BCUT2D eigenvalue weighted by atomic mass is 16.4. The molecule has 0 radical (unpaired) electrons. The molecule has 5 nitrogen and oxygen atoms in total. The number of hydrogen-bond donors (Lipinski definition) is 0. The second-order valence-corrected chi connectivity index (χ2v) is 7.06.